The average Bonchev–Trinajstić information content (AvgIpc) is 3.50. The number of nitrogens with zero attached hydrogens (tertiary/aromatic N) is 5. The Morgan fingerprint density at radius 1 is 1.12 bits per heavy atom. The summed E-state index contributed by atoms with van der Waals surface area (Å²) in [4.78, 5) is 50.5. The van der Waals surface area contributed by atoms with Crippen LogP contribution in [0.4, 0.5) is 4.39 Å². The number of hydrogen-bond acceptors (Lipinski definition) is 8. The third-order valence-corrected chi connectivity index (χ3v) is 9.91. The molecule has 3 aromatic heterocycles. The first kappa shape index (κ1) is 33.6. The zero-order valence-corrected chi connectivity index (χ0v) is 28.6. The van der Waals surface area contributed by atoms with Crippen LogP contribution < -0.4 is 11.5 Å². The van der Waals surface area contributed by atoms with Crippen molar-refractivity contribution in [3.63, 3.8) is 0 Å². The van der Waals surface area contributed by atoms with Gasteiger partial charge in [-0.1, -0.05) is 39.0 Å². The number of nitrogens with two attached hydrogens (primary N) is 1. The lowest BCUT2D eigenvalue weighted by molar-refractivity contribution is 0.0806. The Morgan fingerprint density at radius 3 is 2.45 bits per heavy atom. The molecule has 0 aliphatic carbocycles. The van der Waals surface area contributed by atoms with Crippen molar-refractivity contribution in [1.82, 2.24) is 18.8 Å². The third-order valence-electron chi connectivity index (χ3n) is 8.98. The molecule has 2 amide bonds. The molecule has 0 fully saturated rings. The van der Waals surface area contributed by atoms with Crippen molar-refractivity contribution in [3.8, 4) is 17.2 Å². The molecule has 0 saturated carbocycles. The maximum absolute atomic E-state index is 14.4. The SMILES string of the molecule is CCC(c1ccc(C#N)cn1)n1c(=O)oc2cc(-c3c(C(N)=O)c(CC(C)C)nc4c3C(=O)N(SC)[C@@]4(C)Cc3ccc(F)cc3)ccc21. The van der Waals surface area contributed by atoms with Crippen molar-refractivity contribution in [2.45, 2.75) is 58.5 Å². The van der Waals surface area contributed by atoms with Gasteiger partial charge in [0.1, 0.15) is 11.9 Å². The van der Waals surface area contributed by atoms with Crippen LogP contribution in [0, 0.1) is 23.1 Å². The Kier molecular flexibility index (Phi) is 8.90. The van der Waals surface area contributed by atoms with Crippen LogP contribution in [0.1, 0.15) is 89.1 Å². The highest BCUT2D eigenvalue weighted by Crippen LogP contribution is 2.48. The van der Waals surface area contributed by atoms with Crippen molar-refractivity contribution >= 4 is 34.9 Å². The molecule has 0 radical (unpaired) electrons. The summed E-state index contributed by atoms with van der Waals surface area (Å²) in [6.45, 7) is 7.85. The van der Waals surface area contributed by atoms with E-state index in [4.69, 9.17) is 15.1 Å². The molecule has 1 aliphatic rings. The van der Waals surface area contributed by atoms with Gasteiger partial charge < -0.3 is 10.2 Å². The number of nitriles is 1. The topological polar surface area (TPSA) is 148 Å². The molecule has 1 unspecified atom stereocenters. The summed E-state index contributed by atoms with van der Waals surface area (Å²) >= 11 is 1.24. The molecular formula is C37H35FN6O4S. The summed E-state index contributed by atoms with van der Waals surface area (Å²) < 4.78 is 22.8. The second-order valence-corrected chi connectivity index (χ2v) is 13.5. The van der Waals surface area contributed by atoms with Gasteiger partial charge >= 0.3 is 5.76 Å². The minimum absolute atomic E-state index is 0.102. The van der Waals surface area contributed by atoms with E-state index in [0.717, 1.165) is 5.56 Å². The van der Waals surface area contributed by atoms with E-state index < -0.39 is 23.2 Å². The van der Waals surface area contributed by atoms with E-state index in [0.29, 0.717) is 58.6 Å². The predicted octanol–water partition coefficient (Wildman–Crippen LogP) is 6.55. The molecule has 6 rings (SSSR count). The van der Waals surface area contributed by atoms with E-state index in [1.54, 1.807) is 53.0 Å². The number of fused-ring (bicyclic) bond motifs is 2. The average molecular weight is 679 g/mol. The van der Waals surface area contributed by atoms with Gasteiger partial charge in [-0.25, -0.2) is 9.18 Å². The molecule has 4 heterocycles. The molecule has 250 valence electrons. The van der Waals surface area contributed by atoms with Gasteiger partial charge in [0.25, 0.3) is 11.8 Å². The Bertz CT molecular complexity index is 2200. The van der Waals surface area contributed by atoms with Gasteiger partial charge in [-0.2, -0.15) is 5.26 Å². The van der Waals surface area contributed by atoms with Gasteiger partial charge in [0.05, 0.1) is 50.9 Å². The van der Waals surface area contributed by atoms with Crippen LogP contribution in [-0.2, 0) is 18.4 Å². The Balaban J connectivity index is 1.59. The minimum atomic E-state index is -0.956. The van der Waals surface area contributed by atoms with E-state index >= 15 is 0 Å². The second kappa shape index (κ2) is 13.0. The number of carbonyl (C=O) groups excluding carboxylic acids is 2. The van der Waals surface area contributed by atoms with Crippen LogP contribution in [0.25, 0.3) is 22.2 Å². The van der Waals surface area contributed by atoms with E-state index in [9.17, 15) is 24.0 Å². The summed E-state index contributed by atoms with van der Waals surface area (Å²) in [5.74, 6) is -1.93. The number of oxazole rings is 1. The van der Waals surface area contributed by atoms with Crippen molar-refractivity contribution in [2.24, 2.45) is 11.7 Å². The third kappa shape index (κ3) is 5.78. The number of benzene rings is 2. The maximum atomic E-state index is 14.4. The first-order chi connectivity index (χ1) is 23.4. The van der Waals surface area contributed by atoms with E-state index in [-0.39, 0.29) is 34.4 Å². The van der Waals surface area contributed by atoms with Gasteiger partial charge in [-0.05, 0) is 85.2 Å². The lowest BCUT2D eigenvalue weighted by atomic mass is 9.84. The molecule has 10 nitrogen and oxygen atoms in total. The molecule has 1 aliphatic heterocycles. The number of halogens is 1. The van der Waals surface area contributed by atoms with Crippen molar-refractivity contribution in [1.29, 1.82) is 5.26 Å². The van der Waals surface area contributed by atoms with Crippen molar-refractivity contribution in [3.05, 3.63) is 116 Å². The molecule has 2 atom stereocenters. The van der Waals surface area contributed by atoms with Crippen LogP contribution in [-0.4, -0.2) is 36.9 Å². The van der Waals surface area contributed by atoms with Crippen molar-refractivity contribution < 1.29 is 18.4 Å². The number of pyridine rings is 2. The zero-order valence-electron chi connectivity index (χ0n) is 27.8. The number of amides is 2. The lowest BCUT2D eigenvalue weighted by Gasteiger charge is -2.33. The Labute approximate surface area is 286 Å². The highest BCUT2D eigenvalue weighted by molar-refractivity contribution is 7.96. The summed E-state index contributed by atoms with van der Waals surface area (Å²) in [6.07, 6.45) is 4.54. The van der Waals surface area contributed by atoms with Gasteiger partial charge in [-0.3, -0.25) is 28.4 Å². The van der Waals surface area contributed by atoms with Crippen LogP contribution in [0.3, 0.4) is 0 Å². The molecule has 0 saturated heterocycles. The van der Waals surface area contributed by atoms with Gasteiger partial charge in [0.15, 0.2) is 5.58 Å². The highest BCUT2D eigenvalue weighted by Gasteiger charge is 2.50. The largest absolute Gasteiger partial charge is 0.420 e. The quantitative estimate of drug-likeness (QED) is 0.164. The monoisotopic (exact) mass is 678 g/mol. The summed E-state index contributed by atoms with van der Waals surface area (Å²) in [6, 6.07) is 16.2. The van der Waals surface area contributed by atoms with E-state index in [1.165, 1.54) is 34.8 Å². The van der Waals surface area contributed by atoms with Crippen LogP contribution >= 0.6 is 11.9 Å². The fourth-order valence-corrected chi connectivity index (χ4v) is 7.67. The summed E-state index contributed by atoms with van der Waals surface area (Å²) in [5.41, 5.74) is 9.82. The molecule has 49 heavy (non-hydrogen) atoms. The van der Waals surface area contributed by atoms with Crippen LogP contribution in [0.5, 0.6) is 0 Å². The van der Waals surface area contributed by atoms with Crippen molar-refractivity contribution in [2.75, 3.05) is 6.26 Å². The molecule has 0 bridgehead atoms. The molecule has 2 N–H and O–H groups in total. The van der Waals surface area contributed by atoms with E-state index in [1.807, 2.05) is 27.7 Å². The molecular weight excluding hydrogens is 644 g/mol. The maximum Gasteiger partial charge on any atom is 0.420 e. The minimum Gasteiger partial charge on any atom is -0.408 e. The summed E-state index contributed by atoms with van der Waals surface area (Å²) in [7, 11) is 0. The zero-order chi connectivity index (χ0) is 35.2. The number of hydrogen-bond donors (Lipinski definition) is 1. The standard InChI is InChI=1S/C37H35FN6O4S/c1-6-27(25-13-9-22(18-39)19-41-25)43-28-14-10-23(16-29(28)48-36(43)47)30-31(34(40)45)26(15-20(2)3)42-33-32(30)35(46)44(49-5)37(33,4)17-21-7-11-24(38)12-8-21/h7-14,16,19-20,27H,6,15,17H2,1-5H3,(H2,40,45)/t27?,37-/m0/s1. The predicted molar refractivity (Wildman–Crippen MR) is 185 cm³/mol. The fraction of sp³-hybridized carbons (Fsp3) is 0.297. The lowest BCUT2D eigenvalue weighted by Crippen LogP contribution is -2.38. The molecule has 12 heteroatoms. The van der Waals surface area contributed by atoms with E-state index in [2.05, 4.69) is 11.1 Å². The first-order valence-electron chi connectivity index (χ1n) is 15.9. The van der Waals surface area contributed by atoms with Gasteiger partial charge in [-0.15, -0.1) is 0 Å². The Hall–Kier alpha value is -5.28. The first-order valence-corrected chi connectivity index (χ1v) is 17.1. The number of rotatable bonds is 10. The Morgan fingerprint density at radius 2 is 1.86 bits per heavy atom. The molecule has 5 aromatic rings. The van der Waals surface area contributed by atoms with Crippen LogP contribution in [0.15, 0.2) is 70.0 Å². The molecule has 0 spiro atoms. The second-order valence-electron chi connectivity index (χ2n) is 12.8. The molecule has 2 aromatic carbocycles. The number of primary amides is 1. The smallest absolute Gasteiger partial charge is 0.408 e. The van der Waals surface area contributed by atoms with Crippen LogP contribution in [0.2, 0.25) is 0 Å². The number of carbonyl (C=O) groups is 2. The normalized spacial score (nSPS) is 16.3. The summed E-state index contributed by atoms with van der Waals surface area (Å²) in [5, 5.41) is 9.20. The van der Waals surface area contributed by atoms with Gasteiger partial charge in [0, 0.05) is 24.4 Å². The number of aromatic nitrogens is 3. The highest BCUT2D eigenvalue weighted by atomic mass is 32.2. The fourth-order valence-electron chi connectivity index (χ4n) is 6.86. The van der Waals surface area contributed by atoms with Gasteiger partial charge in [0.2, 0.25) is 0 Å².